The number of carboxylic acids is 1. The number of H-pyrrole nitrogens is 1. The fraction of sp³-hybridized carbons (Fsp3) is 0.364. The summed E-state index contributed by atoms with van der Waals surface area (Å²) in [4.78, 5) is 29.1. The van der Waals surface area contributed by atoms with Gasteiger partial charge in [0.05, 0.1) is 12.9 Å². The van der Waals surface area contributed by atoms with Gasteiger partial charge in [0, 0.05) is 24.9 Å². The molecule has 1 heterocycles. The highest BCUT2D eigenvalue weighted by Gasteiger charge is 2.20. The van der Waals surface area contributed by atoms with Crippen LogP contribution in [0.4, 0.5) is 0 Å². The van der Waals surface area contributed by atoms with E-state index >= 15 is 0 Å². The largest absolute Gasteiger partial charge is 0.480 e. The first-order chi connectivity index (χ1) is 8.63. The van der Waals surface area contributed by atoms with E-state index in [1.165, 1.54) is 12.5 Å². The van der Waals surface area contributed by atoms with Crippen molar-refractivity contribution < 1.29 is 14.7 Å². The normalized spacial score (nSPS) is 11.8. The molecule has 0 radical (unpaired) electrons. The molecular formula is C11H16N4O3. The molecule has 18 heavy (non-hydrogen) atoms. The lowest BCUT2D eigenvalue weighted by molar-refractivity contribution is -0.141. The summed E-state index contributed by atoms with van der Waals surface area (Å²) in [6.07, 6.45) is 4.77. The van der Waals surface area contributed by atoms with Crippen LogP contribution in [0, 0.1) is 0 Å². The number of hydrogen-bond acceptors (Lipinski definition) is 4. The van der Waals surface area contributed by atoms with Crippen molar-refractivity contribution in [3.05, 3.63) is 30.9 Å². The van der Waals surface area contributed by atoms with Gasteiger partial charge in [-0.2, -0.15) is 0 Å². The third-order valence-corrected chi connectivity index (χ3v) is 2.19. The van der Waals surface area contributed by atoms with Gasteiger partial charge in [0.25, 0.3) is 0 Å². The smallest absolute Gasteiger partial charge is 0.326 e. The molecule has 1 rings (SSSR count). The van der Waals surface area contributed by atoms with Crippen LogP contribution in [0.25, 0.3) is 0 Å². The van der Waals surface area contributed by atoms with Crippen LogP contribution in [-0.2, 0) is 16.0 Å². The van der Waals surface area contributed by atoms with E-state index in [1.807, 2.05) is 0 Å². The molecule has 0 fully saturated rings. The van der Waals surface area contributed by atoms with Gasteiger partial charge in [0.15, 0.2) is 0 Å². The van der Waals surface area contributed by atoms with Gasteiger partial charge in [0.1, 0.15) is 6.04 Å². The quantitative estimate of drug-likeness (QED) is 0.361. The number of rotatable bonds is 8. The third kappa shape index (κ3) is 4.79. The summed E-state index contributed by atoms with van der Waals surface area (Å²) < 4.78 is 0. The predicted molar refractivity (Wildman–Crippen MR) is 64.9 cm³/mol. The third-order valence-electron chi connectivity index (χ3n) is 2.19. The van der Waals surface area contributed by atoms with E-state index < -0.39 is 12.0 Å². The van der Waals surface area contributed by atoms with Crippen LogP contribution >= 0.6 is 0 Å². The van der Waals surface area contributed by atoms with Gasteiger partial charge in [-0.25, -0.2) is 9.78 Å². The molecule has 4 N–H and O–H groups in total. The van der Waals surface area contributed by atoms with E-state index in [4.69, 9.17) is 5.11 Å². The summed E-state index contributed by atoms with van der Waals surface area (Å²) in [5, 5.41) is 14.2. The van der Waals surface area contributed by atoms with Crippen LogP contribution < -0.4 is 10.6 Å². The summed E-state index contributed by atoms with van der Waals surface area (Å²) in [7, 11) is 0. The van der Waals surface area contributed by atoms with E-state index in [-0.39, 0.29) is 18.9 Å². The lowest BCUT2D eigenvalue weighted by Gasteiger charge is -2.13. The molecule has 98 valence electrons. The molecular weight excluding hydrogens is 236 g/mol. The average molecular weight is 252 g/mol. The maximum absolute atomic E-state index is 11.5. The van der Waals surface area contributed by atoms with Gasteiger partial charge in [0.2, 0.25) is 5.91 Å². The van der Waals surface area contributed by atoms with Gasteiger partial charge in [-0.3, -0.25) is 4.79 Å². The maximum atomic E-state index is 11.5. The monoisotopic (exact) mass is 252 g/mol. The van der Waals surface area contributed by atoms with Crippen molar-refractivity contribution in [3.63, 3.8) is 0 Å². The van der Waals surface area contributed by atoms with E-state index in [0.29, 0.717) is 12.2 Å². The lowest BCUT2D eigenvalue weighted by Crippen LogP contribution is -2.45. The van der Waals surface area contributed by atoms with Gasteiger partial charge in [-0.05, 0) is 0 Å². The molecule has 1 atom stereocenters. The molecule has 7 nitrogen and oxygen atoms in total. The van der Waals surface area contributed by atoms with Crippen molar-refractivity contribution >= 4 is 11.9 Å². The highest BCUT2D eigenvalue weighted by Crippen LogP contribution is 1.98. The average Bonchev–Trinajstić information content (AvgIpc) is 2.81. The number of nitrogens with zero attached hydrogens (tertiary/aromatic N) is 1. The van der Waals surface area contributed by atoms with Crippen molar-refractivity contribution in [1.29, 1.82) is 0 Å². The van der Waals surface area contributed by atoms with Crippen molar-refractivity contribution in [3.8, 4) is 0 Å². The van der Waals surface area contributed by atoms with E-state index in [1.54, 1.807) is 6.08 Å². The Labute approximate surface area is 104 Å². The fourth-order valence-corrected chi connectivity index (χ4v) is 1.35. The second-order valence-electron chi connectivity index (χ2n) is 3.66. The predicted octanol–water partition coefficient (Wildman–Crippen LogP) is -0.703. The number of aromatic nitrogens is 2. The Bertz CT molecular complexity index is 402. The molecule has 0 saturated carbocycles. The van der Waals surface area contributed by atoms with E-state index in [9.17, 15) is 9.59 Å². The molecule has 0 saturated heterocycles. The first-order valence-electron chi connectivity index (χ1n) is 5.44. The highest BCUT2D eigenvalue weighted by molar-refractivity contribution is 5.84. The number of carbonyl (C=O) groups is 2. The second-order valence-corrected chi connectivity index (χ2v) is 3.66. The van der Waals surface area contributed by atoms with E-state index in [2.05, 4.69) is 27.2 Å². The number of nitrogens with one attached hydrogen (secondary N) is 3. The van der Waals surface area contributed by atoms with Crippen LogP contribution in [-0.4, -0.2) is 46.1 Å². The van der Waals surface area contributed by atoms with Crippen LogP contribution in [0.3, 0.4) is 0 Å². The number of aliphatic carboxylic acids is 1. The van der Waals surface area contributed by atoms with E-state index in [0.717, 1.165) is 0 Å². The SMILES string of the molecule is C=CCNCC(=O)N[C@H](Cc1cnc[nH]1)C(=O)O. The molecule has 1 aromatic heterocycles. The summed E-state index contributed by atoms with van der Waals surface area (Å²) in [6, 6.07) is -0.969. The molecule has 1 aromatic rings. The molecule has 0 bridgehead atoms. The zero-order valence-electron chi connectivity index (χ0n) is 9.85. The van der Waals surface area contributed by atoms with Crippen LogP contribution in [0.5, 0.6) is 0 Å². The molecule has 0 spiro atoms. The van der Waals surface area contributed by atoms with Gasteiger partial charge in [-0.1, -0.05) is 6.08 Å². The number of carbonyl (C=O) groups excluding carboxylic acids is 1. The summed E-state index contributed by atoms with van der Waals surface area (Å²) in [5.41, 5.74) is 0.654. The van der Waals surface area contributed by atoms with Gasteiger partial charge < -0.3 is 20.7 Å². The molecule has 0 aliphatic heterocycles. The summed E-state index contributed by atoms with van der Waals surface area (Å²) >= 11 is 0. The maximum Gasteiger partial charge on any atom is 0.326 e. The molecule has 0 aliphatic rings. The first kappa shape index (κ1) is 13.9. The zero-order chi connectivity index (χ0) is 13.4. The lowest BCUT2D eigenvalue weighted by atomic mass is 10.1. The Morgan fingerprint density at radius 1 is 1.61 bits per heavy atom. The van der Waals surface area contributed by atoms with Gasteiger partial charge >= 0.3 is 5.97 Å². The van der Waals surface area contributed by atoms with Crippen molar-refractivity contribution in [2.45, 2.75) is 12.5 Å². The summed E-state index contributed by atoms with van der Waals surface area (Å²) in [5.74, 6) is -1.45. The minimum atomic E-state index is -1.08. The Balaban J connectivity index is 2.45. The highest BCUT2D eigenvalue weighted by atomic mass is 16.4. The topological polar surface area (TPSA) is 107 Å². The molecule has 0 aromatic carbocycles. The van der Waals surface area contributed by atoms with Crippen molar-refractivity contribution in [2.24, 2.45) is 0 Å². The van der Waals surface area contributed by atoms with Crippen LogP contribution in [0.15, 0.2) is 25.2 Å². The number of amides is 1. The van der Waals surface area contributed by atoms with Crippen molar-refractivity contribution in [2.75, 3.05) is 13.1 Å². The van der Waals surface area contributed by atoms with Crippen LogP contribution in [0.2, 0.25) is 0 Å². The molecule has 7 heteroatoms. The Hall–Kier alpha value is -2.15. The number of hydrogen-bond donors (Lipinski definition) is 4. The number of imidazole rings is 1. The Morgan fingerprint density at radius 3 is 2.94 bits per heavy atom. The number of carboxylic acid groups (broad SMARTS) is 1. The summed E-state index contributed by atoms with van der Waals surface area (Å²) in [6.45, 7) is 4.04. The van der Waals surface area contributed by atoms with Gasteiger partial charge in [-0.15, -0.1) is 6.58 Å². The fourth-order valence-electron chi connectivity index (χ4n) is 1.35. The molecule has 0 unspecified atom stereocenters. The second kappa shape index (κ2) is 7.23. The van der Waals surface area contributed by atoms with Crippen LogP contribution in [0.1, 0.15) is 5.69 Å². The Kier molecular flexibility index (Phi) is 5.59. The first-order valence-corrected chi connectivity index (χ1v) is 5.44. The minimum absolute atomic E-state index is 0.0543. The zero-order valence-corrected chi connectivity index (χ0v) is 9.85. The standard InChI is InChI=1S/C11H16N4O3/c1-2-3-12-6-10(16)15-9(11(17)18)4-8-5-13-7-14-8/h2,5,7,9,12H,1,3-4,6H2,(H,13,14)(H,15,16)(H,17,18)/t9-/m1/s1. The minimum Gasteiger partial charge on any atom is -0.480 e. The Morgan fingerprint density at radius 2 is 2.39 bits per heavy atom. The van der Waals surface area contributed by atoms with Crippen molar-refractivity contribution in [1.82, 2.24) is 20.6 Å². The number of aromatic amines is 1. The molecule has 1 amide bonds. The molecule has 0 aliphatic carbocycles.